The molecule has 0 aliphatic carbocycles. The number of nitrogens with zero attached hydrogens (tertiary/aromatic N) is 1. The SMILES string of the molecule is Cc1ccc(-c2nc(Cc3cc4cc(CCl)ccc4o3)c(C)o2)cc1. The average molecular weight is 352 g/mol. The fraction of sp³-hybridized carbons (Fsp3) is 0.190. The van der Waals surface area contributed by atoms with Gasteiger partial charge in [0.15, 0.2) is 0 Å². The predicted octanol–water partition coefficient (Wildman–Crippen LogP) is 6.03. The van der Waals surface area contributed by atoms with Crippen molar-refractivity contribution in [3.63, 3.8) is 0 Å². The van der Waals surface area contributed by atoms with Crippen molar-refractivity contribution in [3.8, 4) is 11.5 Å². The van der Waals surface area contributed by atoms with Gasteiger partial charge < -0.3 is 8.83 Å². The number of aryl methyl sites for hydroxylation is 2. The Hall–Kier alpha value is -2.52. The van der Waals surface area contributed by atoms with E-state index in [-0.39, 0.29) is 0 Å². The Bertz CT molecular complexity index is 1030. The monoisotopic (exact) mass is 351 g/mol. The summed E-state index contributed by atoms with van der Waals surface area (Å²) in [4.78, 5) is 4.66. The molecule has 0 aliphatic heterocycles. The molecule has 0 saturated carbocycles. The molecular weight excluding hydrogens is 334 g/mol. The van der Waals surface area contributed by atoms with Crippen molar-refractivity contribution in [2.75, 3.05) is 0 Å². The summed E-state index contributed by atoms with van der Waals surface area (Å²) in [5.74, 6) is 2.83. The molecular formula is C21H18ClNO2. The topological polar surface area (TPSA) is 39.2 Å². The van der Waals surface area contributed by atoms with Crippen LogP contribution in [0.2, 0.25) is 0 Å². The first kappa shape index (κ1) is 16.0. The highest BCUT2D eigenvalue weighted by atomic mass is 35.5. The Kier molecular flexibility index (Phi) is 4.10. The molecule has 4 rings (SSSR count). The van der Waals surface area contributed by atoms with Crippen molar-refractivity contribution in [3.05, 3.63) is 76.9 Å². The van der Waals surface area contributed by atoms with Crippen LogP contribution in [0.5, 0.6) is 0 Å². The molecule has 0 fully saturated rings. The maximum absolute atomic E-state index is 5.93. The molecule has 0 saturated heterocycles. The second kappa shape index (κ2) is 6.41. The lowest BCUT2D eigenvalue weighted by molar-refractivity contribution is 0.533. The fourth-order valence-corrected chi connectivity index (χ4v) is 3.06. The van der Waals surface area contributed by atoms with Gasteiger partial charge in [0.1, 0.15) is 17.1 Å². The highest BCUT2D eigenvalue weighted by Gasteiger charge is 2.14. The zero-order valence-corrected chi connectivity index (χ0v) is 14.9. The third-order valence-electron chi connectivity index (χ3n) is 4.32. The maximum Gasteiger partial charge on any atom is 0.226 e. The van der Waals surface area contributed by atoms with E-state index in [0.717, 1.165) is 39.3 Å². The molecule has 4 heteroatoms. The van der Waals surface area contributed by atoms with Gasteiger partial charge in [-0.15, -0.1) is 11.6 Å². The molecule has 0 spiro atoms. The van der Waals surface area contributed by atoms with Gasteiger partial charge in [-0.1, -0.05) is 23.8 Å². The van der Waals surface area contributed by atoms with Crippen LogP contribution in [0.25, 0.3) is 22.4 Å². The van der Waals surface area contributed by atoms with E-state index >= 15 is 0 Å². The molecule has 3 nitrogen and oxygen atoms in total. The molecule has 4 aromatic rings. The minimum atomic E-state index is 0.499. The van der Waals surface area contributed by atoms with Gasteiger partial charge >= 0.3 is 0 Å². The number of oxazole rings is 1. The third-order valence-corrected chi connectivity index (χ3v) is 4.63. The van der Waals surface area contributed by atoms with Crippen LogP contribution in [0.4, 0.5) is 0 Å². The van der Waals surface area contributed by atoms with Crippen LogP contribution in [0.15, 0.2) is 57.4 Å². The van der Waals surface area contributed by atoms with Crippen LogP contribution in [0, 0.1) is 13.8 Å². The van der Waals surface area contributed by atoms with Crippen molar-refractivity contribution < 1.29 is 8.83 Å². The Morgan fingerprint density at radius 2 is 1.76 bits per heavy atom. The molecule has 0 radical (unpaired) electrons. The first-order valence-electron chi connectivity index (χ1n) is 8.23. The van der Waals surface area contributed by atoms with Gasteiger partial charge in [-0.3, -0.25) is 0 Å². The second-order valence-electron chi connectivity index (χ2n) is 6.28. The number of aromatic nitrogens is 1. The van der Waals surface area contributed by atoms with Gasteiger partial charge in [-0.25, -0.2) is 4.98 Å². The summed E-state index contributed by atoms with van der Waals surface area (Å²) in [5, 5.41) is 1.06. The van der Waals surface area contributed by atoms with Gasteiger partial charge in [-0.2, -0.15) is 0 Å². The second-order valence-corrected chi connectivity index (χ2v) is 6.55. The summed E-state index contributed by atoms with van der Waals surface area (Å²) in [5.41, 5.74) is 5.04. The van der Waals surface area contributed by atoms with E-state index in [1.54, 1.807) is 0 Å². The molecule has 0 amide bonds. The quantitative estimate of drug-likeness (QED) is 0.421. The number of rotatable bonds is 4. The van der Waals surface area contributed by atoms with Crippen molar-refractivity contribution in [2.45, 2.75) is 26.1 Å². The smallest absolute Gasteiger partial charge is 0.226 e. The summed E-state index contributed by atoms with van der Waals surface area (Å²) >= 11 is 5.90. The summed E-state index contributed by atoms with van der Waals surface area (Å²) in [6.45, 7) is 4.00. The molecule has 2 heterocycles. The predicted molar refractivity (Wildman–Crippen MR) is 100.0 cm³/mol. The minimum Gasteiger partial charge on any atom is -0.461 e. The molecule has 0 N–H and O–H groups in total. The van der Waals surface area contributed by atoms with Gasteiger partial charge in [-0.05, 0) is 49.7 Å². The zero-order valence-electron chi connectivity index (χ0n) is 14.2. The Morgan fingerprint density at radius 1 is 0.960 bits per heavy atom. The molecule has 0 atom stereocenters. The van der Waals surface area contributed by atoms with Crippen molar-refractivity contribution in [1.29, 1.82) is 0 Å². The third kappa shape index (κ3) is 3.20. The molecule has 126 valence electrons. The lowest BCUT2D eigenvalue weighted by Gasteiger charge is -1.95. The van der Waals surface area contributed by atoms with E-state index in [0.29, 0.717) is 18.2 Å². The number of benzene rings is 2. The maximum atomic E-state index is 5.93. The standard InChI is InChI=1S/C21H18ClNO2/c1-13-3-6-16(7-4-13)21-23-19(14(2)24-21)11-18-10-17-9-15(12-22)5-8-20(17)25-18/h3-10H,11-12H2,1-2H3. The molecule has 0 aliphatic rings. The average Bonchev–Trinajstić information content (AvgIpc) is 3.18. The van der Waals surface area contributed by atoms with E-state index in [1.807, 2.05) is 37.3 Å². The number of alkyl halides is 1. The molecule has 2 aromatic heterocycles. The molecule has 0 unspecified atom stereocenters. The number of hydrogen-bond donors (Lipinski definition) is 0. The number of hydrogen-bond acceptors (Lipinski definition) is 3. The lowest BCUT2D eigenvalue weighted by atomic mass is 10.1. The summed E-state index contributed by atoms with van der Waals surface area (Å²) in [6, 6.07) is 16.2. The summed E-state index contributed by atoms with van der Waals surface area (Å²) in [7, 11) is 0. The summed E-state index contributed by atoms with van der Waals surface area (Å²) < 4.78 is 11.8. The fourth-order valence-electron chi connectivity index (χ4n) is 2.89. The van der Waals surface area contributed by atoms with Gasteiger partial charge in [0, 0.05) is 16.8 Å². The number of fused-ring (bicyclic) bond motifs is 1. The molecule has 25 heavy (non-hydrogen) atoms. The highest BCUT2D eigenvalue weighted by molar-refractivity contribution is 6.17. The number of furan rings is 1. The Morgan fingerprint density at radius 3 is 2.52 bits per heavy atom. The highest BCUT2D eigenvalue weighted by Crippen LogP contribution is 2.27. The van der Waals surface area contributed by atoms with Gasteiger partial charge in [0.2, 0.25) is 5.89 Å². The van der Waals surface area contributed by atoms with Crippen LogP contribution in [0.1, 0.15) is 28.3 Å². The van der Waals surface area contributed by atoms with E-state index < -0.39 is 0 Å². The van der Waals surface area contributed by atoms with Crippen molar-refractivity contribution in [2.24, 2.45) is 0 Å². The van der Waals surface area contributed by atoms with Crippen molar-refractivity contribution >= 4 is 22.6 Å². The minimum absolute atomic E-state index is 0.499. The van der Waals surface area contributed by atoms with Gasteiger partial charge in [0.05, 0.1) is 12.1 Å². The number of halogens is 1. The van der Waals surface area contributed by atoms with Crippen LogP contribution < -0.4 is 0 Å². The first-order valence-corrected chi connectivity index (χ1v) is 8.76. The van der Waals surface area contributed by atoms with Crippen LogP contribution in [-0.2, 0) is 12.3 Å². The first-order chi connectivity index (χ1) is 12.1. The van der Waals surface area contributed by atoms with Crippen molar-refractivity contribution in [1.82, 2.24) is 4.98 Å². The van der Waals surface area contributed by atoms with Crippen LogP contribution in [-0.4, -0.2) is 4.98 Å². The van der Waals surface area contributed by atoms with E-state index in [2.05, 4.69) is 30.1 Å². The molecule has 2 aromatic carbocycles. The summed E-state index contributed by atoms with van der Waals surface area (Å²) in [6.07, 6.45) is 0.603. The lowest BCUT2D eigenvalue weighted by Crippen LogP contribution is -1.88. The Balaban J connectivity index is 1.63. The largest absolute Gasteiger partial charge is 0.461 e. The van der Waals surface area contributed by atoms with Gasteiger partial charge in [0.25, 0.3) is 0 Å². The van der Waals surface area contributed by atoms with E-state index in [9.17, 15) is 0 Å². The van der Waals surface area contributed by atoms with E-state index in [1.165, 1.54) is 5.56 Å². The molecule has 0 bridgehead atoms. The Labute approximate surface area is 151 Å². The van der Waals surface area contributed by atoms with Crippen LogP contribution in [0.3, 0.4) is 0 Å². The van der Waals surface area contributed by atoms with Crippen LogP contribution >= 0.6 is 11.6 Å². The zero-order chi connectivity index (χ0) is 17.4. The normalized spacial score (nSPS) is 11.3. The van der Waals surface area contributed by atoms with E-state index in [4.69, 9.17) is 20.4 Å².